The highest BCUT2D eigenvalue weighted by molar-refractivity contribution is 7.99. The van der Waals surface area contributed by atoms with Crippen molar-refractivity contribution in [2.24, 2.45) is 5.73 Å². The third kappa shape index (κ3) is 6.13. The molecule has 44 heavy (non-hydrogen) atoms. The number of nitrogens with one attached hydrogen (secondary N) is 2. The van der Waals surface area contributed by atoms with Crippen LogP contribution in [0.1, 0.15) is 33.0 Å². The predicted octanol–water partition coefficient (Wildman–Crippen LogP) is 5.21. The van der Waals surface area contributed by atoms with E-state index >= 15 is 0 Å². The second-order valence-electron chi connectivity index (χ2n) is 10.3. The van der Waals surface area contributed by atoms with E-state index in [0.717, 1.165) is 27.8 Å². The van der Waals surface area contributed by atoms with Crippen LogP contribution >= 0.6 is 11.8 Å². The summed E-state index contributed by atoms with van der Waals surface area (Å²) in [6.07, 6.45) is -0.815. The standard InChI is InChI=1S/C33H29N3O7S/c34-31(37)20-10-12-30(26(14-20)35-15-19-9-11-28-29(13-19)43-18-42-28)44-17-27(32(38)39)36-33(40)41-16-25-23-7-3-1-5-21(23)22-6-2-4-8-24(22)25/h1-14,25,27,35H,15-18H2,(H2,34,37)(H,36,40)(H,38,39)/t27-/m0/s1. The van der Waals surface area contributed by atoms with Gasteiger partial charge in [-0.15, -0.1) is 11.8 Å². The van der Waals surface area contributed by atoms with Crippen LogP contribution < -0.4 is 25.8 Å². The van der Waals surface area contributed by atoms with Crippen LogP contribution in [0.15, 0.2) is 89.8 Å². The minimum atomic E-state index is -1.23. The van der Waals surface area contributed by atoms with Crippen molar-refractivity contribution in [2.45, 2.75) is 23.4 Å². The average Bonchev–Trinajstić information content (AvgIpc) is 3.63. The molecule has 224 valence electrons. The molecule has 0 radical (unpaired) electrons. The third-order valence-corrected chi connectivity index (χ3v) is 8.69. The van der Waals surface area contributed by atoms with Crippen LogP contribution in [0, 0.1) is 0 Å². The van der Waals surface area contributed by atoms with Crippen LogP contribution in [0.25, 0.3) is 11.1 Å². The number of carbonyl (C=O) groups excluding carboxylic acids is 2. The van der Waals surface area contributed by atoms with Gasteiger partial charge in [0, 0.05) is 34.4 Å². The van der Waals surface area contributed by atoms with Crippen molar-refractivity contribution in [1.82, 2.24) is 5.32 Å². The van der Waals surface area contributed by atoms with Crippen molar-refractivity contribution in [3.63, 3.8) is 0 Å². The summed E-state index contributed by atoms with van der Waals surface area (Å²) in [5.41, 5.74) is 11.6. The molecule has 0 bridgehead atoms. The molecule has 0 spiro atoms. The van der Waals surface area contributed by atoms with Gasteiger partial charge in [0.05, 0.1) is 0 Å². The van der Waals surface area contributed by atoms with Crippen molar-refractivity contribution in [2.75, 3.05) is 24.5 Å². The molecule has 4 aromatic rings. The van der Waals surface area contributed by atoms with Crippen molar-refractivity contribution in [3.05, 3.63) is 107 Å². The molecule has 2 amide bonds. The number of nitrogens with two attached hydrogens (primary N) is 1. The highest BCUT2D eigenvalue weighted by atomic mass is 32.2. The topological polar surface area (TPSA) is 149 Å². The molecule has 5 N–H and O–H groups in total. The van der Waals surface area contributed by atoms with Gasteiger partial charge in [-0.1, -0.05) is 54.6 Å². The second kappa shape index (κ2) is 12.6. The number of primary amides is 1. The number of hydrogen-bond donors (Lipinski definition) is 4. The fourth-order valence-corrected chi connectivity index (χ4v) is 6.35. The third-order valence-electron chi connectivity index (χ3n) is 7.52. The minimum absolute atomic E-state index is 0.00809. The molecule has 0 saturated heterocycles. The first-order valence-corrected chi connectivity index (χ1v) is 14.9. The van der Waals surface area contributed by atoms with E-state index in [0.29, 0.717) is 34.2 Å². The molecule has 11 heteroatoms. The number of amides is 2. The van der Waals surface area contributed by atoms with Crippen molar-refractivity contribution in [3.8, 4) is 22.6 Å². The number of rotatable bonds is 11. The summed E-state index contributed by atoms with van der Waals surface area (Å²) in [6.45, 7) is 0.636. The average molecular weight is 612 g/mol. The first-order chi connectivity index (χ1) is 21.4. The molecule has 0 unspecified atom stereocenters. The van der Waals surface area contributed by atoms with Crippen LogP contribution in [-0.2, 0) is 16.1 Å². The number of hydrogen-bond acceptors (Lipinski definition) is 8. The summed E-state index contributed by atoms with van der Waals surface area (Å²) in [5.74, 6) is -0.609. The number of anilines is 1. The van der Waals surface area contributed by atoms with Gasteiger partial charge in [-0.2, -0.15) is 0 Å². The fourth-order valence-electron chi connectivity index (χ4n) is 5.33. The Morgan fingerprint density at radius 3 is 2.34 bits per heavy atom. The van der Waals surface area contributed by atoms with Crippen molar-refractivity contribution < 1.29 is 33.7 Å². The fraction of sp³-hybridized carbons (Fsp3) is 0.182. The van der Waals surface area contributed by atoms with Crippen LogP contribution in [0.5, 0.6) is 11.5 Å². The Bertz CT molecular complexity index is 1700. The lowest BCUT2D eigenvalue weighted by Crippen LogP contribution is -2.43. The summed E-state index contributed by atoms with van der Waals surface area (Å²) >= 11 is 1.22. The quantitative estimate of drug-likeness (QED) is 0.168. The van der Waals surface area contributed by atoms with Gasteiger partial charge in [0.25, 0.3) is 0 Å². The van der Waals surface area contributed by atoms with E-state index in [9.17, 15) is 19.5 Å². The lowest BCUT2D eigenvalue weighted by atomic mass is 9.98. The lowest BCUT2D eigenvalue weighted by Gasteiger charge is -2.18. The number of aliphatic carboxylic acids is 1. The zero-order valence-electron chi connectivity index (χ0n) is 23.4. The van der Waals surface area contributed by atoms with Crippen LogP contribution in [0.2, 0.25) is 0 Å². The molecule has 0 fully saturated rings. The zero-order valence-corrected chi connectivity index (χ0v) is 24.3. The Kier molecular flexibility index (Phi) is 8.29. The van der Waals surface area contributed by atoms with E-state index in [1.54, 1.807) is 18.2 Å². The molecule has 1 aliphatic carbocycles. The Hall–Kier alpha value is -5.16. The Morgan fingerprint density at radius 1 is 0.932 bits per heavy atom. The number of carboxylic acids is 1. The molecule has 0 saturated carbocycles. The molecule has 0 aromatic heterocycles. The van der Waals surface area contributed by atoms with E-state index in [4.69, 9.17) is 19.9 Å². The largest absolute Gasteiger partial charge is 0.480 e. The number of ether oxygens (including phenoxy) is 3. The Labute approximate surface area is 257 Å². The summed E-state index contributed by atoms with van der Waals surface area (Å²) in [6, 6.07) is 25.2. The van der Waals surface area contributed by atoms with E-state index in [1.807, 2.05) is 66.7 Å². The zero-order chi connectivity index (χ0) is 30.6. The van der Waals surface area contributed by atoms with E-state index in [2.05, 4.69) is 10.6 Å². The van der Waals surface area contributed by atoms with Gasteiger partial charge >= 0.3 is 12.1 Å². The Balaban J connectivity index is 1.10. The normalized spacial score (nSPS) is 13.5. The number of carboxylic acid groups (broad SMARTS) is 1. The number of thioether (sulfide) groups is 1. The summed E-state index contributed by atoms with van der Waals surface area (Å²) in [4.78, 5) is 37.4. The molecule has 1 aliphatic heterocycles. The molecular weight excluding hydrogens is 582 g/mol. The van der Waals surface area contributed by atoms with Crippen molar-refractivity contribution in [1.29, 1.82) is 0 Å². The van der Waals surface area contributed by atoms with Gasteiger partial charge in [0.1, 0.15) is 12.6 Å². The van der Waals surface area contributed by atoms with Gasteiger partial charge in [-0.3, -0.25) is 4.79 Å². The maximum absolute atomic E-state index is 12.8. The SMILES string of the molecule is NC(=O)c1ccc(SC[C@H](NC(=O)OCC2c3ccccc3-c3ccccc32)C(=O)O)c(NCc2ccc3c(c2)OCO3)c1. The first kappa shape index (κ1) is 28.9. The summed E-state index contributed by atoms with van der Waals surface area (Å²) in [7, 11) is 0. The summed E-state index contributed by atoms with van der Waals surface area (Å²) in [5, 5.41) is 15.7. The molecule has 1 heterocycles. The second-order valence-corrected chi connectivity index (χ2v) is 11.3. The van der Waals surface area contributed by atoms with Gasteiger partial charge in [-0.25, -0.2) is 9.59 Å². The van der Waals surface area contributed by atoms with Crippen LogP contribution in [-0.4, -0.2) is 48.3 Å². The monoisotopic (exact) mass is 611 g/mol. The summed E-state index contributed by atoms with van der Waals surface area (Å²) < 4.78 is 16.4. The maximum atomic E-state index is 12.8. The van der Waals surface area contributed by atoms with Gasteiger partial charge < -0.3 is 35.7 Å². The molecule has 1 atom stereocenters. The van der Waals surface area contributed by atoms with Gasteiger partial charge in [0.15, 0.2) is 11.5 Å². The highest BCUT2D eigenvalue weighted by Gasteiger charge is 2.30. The molecular formula is C33H29N3O7S. The molecule has 10 nitrogen and oxygen atoms in total. The van der Waals surface area contributed by atoms with Gasteiger partial charge in [-0.05, 0) is 58.1 Å². The smallest absolute Gasteiger partial charge is 0.407 e. The first-order valence-electron chi connectivity index (χ1n) is 13.9. The lowest BCUT2D eigenvalue weighted by molar-refractivity contribution is -0.138. The van der Waals surface area contributed by atoms with Crippen molar-refractivity contribution >= 4 is 35.4 Å². The number of benzene rings is 4. The molecule has 4 aromatic carbocycles. The van der Waals surface area contributed by atoms with Crippen LogP contribution in [0.3, 0.4) is 0 Å². The maximum Gasteiger partial charge on any atom is 0.407 e. The highest BCUT2D eigenvalue weighted by Crippen LogP contribution is 2.44. The van der Waals surface area contributed by atoms with Gasteiger partial charge in [0.2, 0.25) is 12.7 Å². The van der Waals surface area contributed by atoms with E-state index in [-0.39, 0.29) is 25.1 Å². The van der Waals surface area contributed by atoms with E-state index < -0.39 is 24.0 Å². The number of alkyl carbamates (subject to hydrolysis) is 1. The number of fused-ring (bicyclic) bond motifs is 4. The molecule has 2 aliphatic rings. The molecule has 6 rings (SSSR count). The van der Waals surface area contributed by atoms with Crippen LogP contribution in [0.4, 0.5) is 10.5 Å². The van der Waals surface area contributed by atoms with E-state index in [1.165, 1.54) is 11.8 Å². The minimum Gasteiger partial charge on any atom is -0.480 e. The predicted molar refractivity (Wildman–Crippen MR) is 165 cm³/mol. The Morgan fingerprint density at radius 2 is 1.64 bits per heavy atom. The number of carbonyl (C=O) groups is 3.